The fourth-order valence-corrected chi connectivity index (χ4v) is 3.12. The molecule has 2 N–H and O–H groups in total. The second-order valence-corrected chi connectivity index (χ2v) is 7.12. The van der Waals surface area contributed by atoms with Crippen molar-refractivity contribution in [3.05, 3.63) is 35.9 Å². The number of hydrogen-bond donors (Lipinski definition) is 2. The summed E-state index contributed by atoms with van der Waals surface area (Å²) in [6, 6.07) is 10.9. The number of aliphatic imine (C=N–C) groups is 1. The summed E-state index contributed by atoms with van der Waals surface area (Å²) in [4.78, 5) is 4.34. The van der Waals surface area contributed by atoms with Crippen LogP contribution in [0.5, 0.6) is 0 Å². The highest BCUT2D eigenvalue weighted by Gasteiger charge is 2.15. The quantitative estimate of drug-likeness (QED) is 0.403. The van der Waals surface area contributed by atoms with Gasteiger partial charge in [0.05, 0.1) is 0 Å². The lowest BCUT2D eigenvalue weighted by Crippen LogP contribution is -2.44. The van der Waals surface area contributed by atoms with Crippen molar-refractivity contribution in [3.8, 4) is 0 Å². The van der Waals surface area contributed by atoms with Crippen molar-refractivity contribution in [1.29, 1.82) is 0 Å². The molecule has 5 nitrogen and oxygen atoms in total. The summed E-state index contributed by atoms with van der Waals surface area (Å²) in [5.74, 6) is 1.94. The van der Waals surface area contributed by atoms with Crippen LogP contribution < -0.4 is 10.6 Å². The Bertz CT molecular complexity index is 515. The fraction of sp³-hybridized carbons (Fsp3) is 0.667. The molecule has 26 heavy (non-hydrogen) atoms. The van der Waals surface area contributed by atoms with Crippen LogP contribution in [0.3, 0.4) is 0 Å². The second kappa shape index (κ2) is 11.9. The molecule has 1 aliphatic rings. The average molecular weight is 362 g/mol. The molecule has 1 fully saturated rings. The minimum Gasteiger partial charge on any atom is -0.381 e. The van der Waals surface area contributed by atoms with E-state index in [1.165, 1.54) is 5.56 Å². The Labute approximate surface area is 158 Å². The molecule has 0 aromatic heterocycles. The fourth-order valence-electron chi connectivity index (χ4n) is 3.12. The van der Waals surface area contributed by atoms with Crippen molar-refractivity contribution >= 4 is 5.96 Å². The van der Waals surface area contributed by atoms with Crippen LogP contribution in [-0.2, 0) is 9.47 Å². The highest BCUT2D eigenvalue weighted by atomic mass is 16.5. The molecular weight excluding hydrogens is 326 g/mol. The normalized spacial score (nSPS) is 18.3. The number of benzene rings is 1. The first kappa shape index (κ1) is 20.7. The maximum atomic E-state index is 5.81. The van der Waals surface area contributed by atoms with Crippen LogP contribution in [0.4, 0.5) is 0 Å². The zero-order valence-corrected chi connectivity index (χ0v) is 16.5. The second-order valence-electron chi connectivity index (χ2n) is 7.12. The van der Waals surface area contributed by atoms with E-state index in [1.54, 1.807) is 0 Å². The Hall–Kier alpha value is -1.59. The van der Waals surface area contributed by atoms with Gasteiger partial charge in [-0.05, 0) is 37.7 Å². The predicted octanol–water partition coefficient (Wildman–Crippen LogP) is 3.18. The zero-order valence-electron chi connectivity index (χ0n) is 16.5. The Balaban J connectivity index is 1.59. The van der Waals surface area contributed by atoms with Crippen LogP contribution >= 0.6 is 0 Å². The molecule has 2 unspecified atom stereocenters. The third-order valence-corrected chi connectivity index (χ3v) is 5.12. The van der Waals surface area contributed by atoms with Gasteiger partial charge in [-0.3, -0.25) is 4.99 Å². The molecule has 1 saturated heterocycles. The van der Waals surface area contributed by atoms with Crippen LogP contribution in [0.2, 0.25) is 0 Å². The van der Waals surface area contributed by atoms with Gasteiger partial charge in [-0.2, -0.15) is 0 Å². The topological polar surface area (TPSA) is 54.9 Å². The van der Waals surface area contributed by atoms with Crippen LogP contribution in [0, 0.1) is 5.92 Å². The standard InChI is InChI=1S/C21H35N3O2/c1-17(20-8-5-4-6-9-20)18(2)24-21(22-3)23-12-7-13-26-16-19-10-14-25-15-11-19/h4-6,8-9,17-19H,7,10-16H2,1-3H3,(H2,22,23,24). The summed E-state index contributed by atoms with van der Waals surface area (Å²) in [6.07, 6.45) is 3.24. The Morgan fingerprint density at radius 3 is 2.65 bits per heavy atom. The molecule has 0 radical (unpaired) electrons. The molecule has 2 rings (SSSR count). The Morgan fingerprint density at radius 1 is 1.23 bits per heavy atom. The van der Waals surface area contributed by atoms with Crippen molar-refractivity contribution < 1.29 is 9.47 Å². The maximum Gasteiger partial charge on any atom is 0.191 e. The van der Waals surface area contributed by atoms with Gasteiger partial charge >= 0.3 is 0 Å². The third-order valence-electron chi connectivity index (χ3n) is 5.12. The van der Waals surface area contributed by atoms with Gasteiger partial charge in [-0.25, -0.2) is 0 Å². The summed E-state index contributed by atoms with van der Waals surface area (Å²) in [5, 5.41) is 6.88. The van der Waals surface area contributed by atoms with E-state index in [-0.39, 0.29) is 0 Å². The van der Waals surface area contributed by atoms with Gasteiger partial charge in [0.15, 0.2) is 5.96 Å². The van der Waals surface area contributed by atoms with E-state index in [0.717, 1.165) is 58.2 Å². The van der Waals surface area contributed by atoms with E-state index in [4.69, 9.17) is 9.47 Å². The third kappa shape index (κ3) is 7.34. The summed E-state index contributed by atoms with van der Waals surface area (Å²) >= 11 is 0. The molecule has 1 heterocycles. The van der Waals surface area contributed by atoms with Gasteiger partial charge in [0.25, 0.3) is 0 Å². The molecular formula is C21H35N3O2. The molecule has 0 aliphatic carbocycles. The predicted molar refractivity (Wildman–Crippen MR) is 108 cm³/mol. The first-order valence-electron chi connectivity index (χ1n) is 9.88. The Kier molecular flexibility index (Phi) is 9.50. The lowest BCUT2D eigenvalue weighted by atomic mass is 9.94. The van der Waals surface area contributed by atoms with Gasteiger partial charge in [-0.1, -0.05) is 37.3 Å². The van der Waals surface area contributed by atoms with Crippen molar-refractivity contribution in [2.75, 3.05) is 40.0 Å². The highest BCUT2D eigenvalue weighted by molar-refractivity contribution is 5.80. The Morgan fingerprint density at radius 2 is 1.96 bits per heavy atom. The summed E-state index contributed by atoms with van der Waals surface area (Å²) in [7, 11) is 1.82. The van der Waals surface area contributed by atoms with Crippen molar-refractivity contribution in [2.24, 2.45) is 10.9 Å². The smallest absolute Gasteiger partial charge is 0.191 e. The molecule has 0 spiro atoms. The lowest BCUT2D eigenvalue weighted by molar-refractivity contribution is 0.0203. The van der Waals surface area contributed by atoms with E-state index in [0.29, 0.717) is 17.9 Å². The van der Waals surface area contributed by atoms with E-state index in [9.17, 15) is 0 Å². The van der Waals surface area contributed by atoms with Crippen molar-refractivity contribution in [2.45, 2.75) is 45.1 Å². The van der Waals surface area contributed by atoms with Crippen molar-refractivity contribution in [3.63, 3.8) is 0 Å². The van der Waals surface area contributed by atoms with Crippen LogP contribution in [-0.4, -0.2) is 52.0 Å². The minimum absolute atomic E-state index is 0.299. The number of hydrogen-bond acceptors (Lipinski definition) is 3. The van der Waals surface area contributed by atoms with E-state index >= 15 is 0 Å². The largest absolute Gasteiger partial charge is 0.381 e. The van der Waals surface area contributed by atoms with Crippen LogP contribution in [0.25, 0.3) is 0 Å². The van der Waals surface area contributed by atoms with Crippen molar-refractivity contribution in [1.82, 2.24) is 10.6 Å². The summed E-state index contributed by atoms with van der Waals surface area (Å²) in [5.41, 5.74) is 1.34. The first-order chi connectivity index (χ1) is 12.7. The molecule has 5 heteroatoms. The molecule has 2 atom stereocenters. The highest BCUT2D eigenvalue weighted by Crippen LogP contribution is 2.18. The molecule has 146 valence electrons. The molecule has 1 aliphatic heterocycles. The van der Waals surface area contributed by atoms with Gasteiger partial charge in [0, 0.05) is 52.0 Å². The van der Waals surface area contributed by atoms with Crippen LogP contribution in [0.1, 0.15) is 44.6 Å². The van der Waals surface area contributed by atoms with Gasteiger partial charge in [-0.15, -0.1) is 0 Å². The first-order valence-corrected chi connectivity index (χ1v) is 9.88. The SMILES string of the molecule is CN=C(NCCCOCC1CCOCC1)NC(C)C(C)c1ccccc1. The molecule has 0 bridgehead atoms. The number of rotatable bonds is 9. The van der Waals surface area contributed by atoms with E-state index < -0.39 is 0 Å². The van der Waals surface area contributed by atoms with E-state index in [2.05, 4.69) is 59.8 Å². The molecule has 1 aromatic rings. The molecule has 0 saturated carbocycles. The lowest BCUT2D eigenvalue weighted by Gasteiger charge is -2.24. The number of ether oxygens (including phenoxy) is 2. The summed E-state index contributed by atoms with van der Waals surface area (Å²) in [6.45, 7) is 8.72. The maximum absolute atomic E-state index is 5.81. The average Bonchev–Trinajstić information content (AvgIpc) is 2.70. The van der Waals surface area contributed by atoms with Gasteiger partial charge in [0.2, 0.25) is 0 Å². The minimum atomic E-state index is 0.299. The zero-order chi connectivity index (χ0) is 18.6. The van der Waals surface area contributed by atoms with Crippen LogP contribution in [0.15, 0.2) is 35.3 Å². The van der Waals surface area contributed by atoms with Gasteiger partial charge in [0.1, 0.15) is 0 Å². The monoisotopic (exact) mass is 361 g/mol. The number of guanidine groups is 1. The number of nitrogens with zero attached hydrogens (tertiary/aromatic N) is 1. The summed E-state index contributed by atoms with van der Waals surface area (Å²) < 4.78 is 11.2. The molecule has 1 aromatic carbocycles. The molecule has 0 amide bonds. The number of nitrogens with one attached hydrogen (secondary N) is 2. The van der Waals surface area contributed by atoms with Gasteiger partial charge < -0.3 is 20.1 Å². The van der Waals surface area contributed by atoms with E-state index in [1.807, 2.05) is 7.05 Å².